The zero-order chi connectivity index (χ0) is 8.77. The van der Waals surface area contributed by atoms with Gasteiger partial charge in [0.15, 0.2) is 0 Å². The molecule has 0 aromatic rings. The minimum absolute atomic E-state index is 0.324. The maximum absolute atomic E-state index is 4.84. The Morgan fingerprint density at radius 1 is 1.25 bits per heavy atom. The van der Waals surface area contributed by atoms with Crippen molar-refractivity contribution in [3.63, 3.8) is 0 Å². The summed E-state index contributed by atoms with van der Waals surface area (Å²) in [5.41, 5.74) is 1.79. The first-order valence-electron chi connectivity index (χ1n) is 5.14. The first-order valence-corrected chi connectivity index (χ1v) is 5.14. The van der Waals surface area contributed by atoms with Crippen LogP contribution < -0.4 is 0 Å². The molecule has 0 amide bonds. The van der Waals surface area contributed by atoms with Crippen LogP contribution in [0.25, 0.3) is 0 Å². The SMILES string of the molecule is CC(C)(C)C1=NC2CCCC2C1. The van der Waals surface area contributed by atoms with E-state index in [1.54, 1.807) is 0 Å². The first kappa shape index (κ1) is 8.28. The van der Waals surface area contributed by atoms with E-state index in [0.717, 1.165) is 5.92 Å². The monoisotopic (exact) mass is 165 g/mol. The molecule has 0 bridgehead atoms. The van der Waals surface area contributed by atoms with Gasteiger partial charge in [0.05, 0.1) is 6.04 Å². The van der Waals surface area contributed by atoms with Crippen LogP contribution in [-0.2, 0) is 0 Å². The van der Waals surface area contributed by atoms with E-state index in [-0.39, 0.29) is 0 Å². The predicted octanol–water partition coefficient (Wildman–Crippen LogP) is 3.05. The Bertz CT molecular complexity index is 210. The van der Waals surface area contributed by atoms with Crippen LogP contribution in [0, 0.1) is 11.3 Å². The van der Waals surface area contributed by atoms with Gasteiger partial charge in [0.25, 0.3) is 0 Å². The Morgan fingerprint density at radius 2 is 2.00 bits per heavy atom. The number of hydrogen-bond acceptors (Lipinski definition) is 1. The minimum atomic E-state index is 0.324. The molecule has 0 spiro atoms. The fourth-order valence-electron chi connectivity index (χ4n) is 2.43. The molecule has 1 heteroatoms. The van der Waals surface area contributed by atoms with Crippen LogP contribution in [0.5, 0.6) is 0 Å². The molecule has 68 valence electrons. The Labute approximate surface area is 75.3 Å². The van der Waals surface area contributed by atoms with Crippen LogP contribution in [0.4, 0.5) is 0 Å². The highest BCUT2D eigenvalue weighted by atomic mass is 14.9. The number of fused-ring (bicyclic) bond motifs is 1. The largest absolute Gasteiger partial charge is 0.290 e. The molecule has 1 aliphatic heterocycles. The second kappa shape index (κ2) is 2.58. The van der Waals surface area contributed by atoms with Crippen molar-refractivity contribution in [3.8, 4) is 0 Å². The predicted molar refractivity (Wildman–Crippen MR) is 52.6 cm³/mol. The maximum Gasteiger partial charge on any atom is 0.0531 e. The van der Waals surface area contributed by atoms with Gasteiger partial charge >= 0.3 is 0 Å². The van der Waals surface area contributed by atoms with E-state index in [9.17, 15) is 0 Å². The van der Waals surface area contributed by atoms with E-state index in [4.69, 9.17) is 4.99 Å². The standard InChI is InChI=1S/C11H19N/c1-11(2,3)10-7-8-5-4-6-9(8)12-10/h8-9H,4-7H2,1-3H3. The summed E-state index contributed by atoms with van der Waals surface area (Å²) >= 11 is 0. The molecule has 1 nitrogen and oxygen atoms in total. The molecule has 2 aliphatic rings. The van der Waals surface area contributed by atoms with Gasteiger partial charge in [0.1, 0.15) is 0 Å². The van der Waals surface area contributed by atoms with Gasteiger partial charge in [-0.2, -0.15) is 0 Å². The van der Waals surface area contributed by atoms with Crippen LogP contribution in [-0.4, -0.2) is 11.8 Å². The highest BCUT2D eigenvalue weighted by Crippen LogP contribution is 2.39. The highest BCUT2D eigenvalue weighted by molar-refractivity contribution is 5.91. The summed E-state index contributed by atoms with van der Waals surface area (Å²) in [6, 6.07) is 0.708. The van der Waals surface area contributed by atoms with Gasteiger partial charge in [0.2, 0.25) is 0 Å². The summed E-state index contributed by atoms with van der Waals surface area (Å²) in [4.78, 5) is 4.84. The van der Waals surface area contributed by atoms with Crippen molar-refractivity contribution in [2.24, 2.45) is 16.3 Å². The molecular formula is C11H19N. The lowest BCUT2D eigenvalue weighted by Crippen LogP contribution is -2.18. The molecule has 2 atom stereocenters. The lowest BCUT2D eigenvalue weighted by atomic mass is 9.86. The molecule has 1 saturated carbocycles. The maximum atomic E-state index is 4.84. The number of hydrogen-bond donors (Lipinski definition) is 0. The van der Waals surface area contributed by atoms with Gasteiger partial charge < -0.3 is 0 Å². The smallest absolute Gasteiger partial charge is 0.0531 e. The second-order valence-corrected chi connectivity index (χ2v) is 5.29. The first-order chi connectivity index (χ1) is 5.57. The topological polar surface area (TPSA) is 12.4 Å². The number of rotatable bonds is 0. The molecule has 0 N–H and O–H groups in total. The lowest BCUT2D eigenvalue weighted by Gasteiger charge is -2.19. The summed E-state index contributed by atoms with van der Waals surface area (Å²) in [6.07, 6.45) is 5.47. The fraction of sp³-hybridized carbons (Fsp3) is 0.909. The summed E-state index contributed by atoms with van der Waals surface area (Å²) in [5, 5.41) is 0. The van der Waals surface area contributed by atoms with Crippen molar-refractivity contribution in [1.82, 2.24) is 0 Å². The highest BCUT2D eigenvalue weighted by Gasteiger charge is 2.36. The molecular weight excluding hydrogens is 146 g/mol. The minimum Gasteiger partial charge on any atom is -0.290 e. The van der Waals surface area contributed by atoms with Crippen molar-refractivity contribution in [1.29, 1.82) is 0 Å². The van der Waals surface area contributed by atoms with Gasteiger partial charge in [-0.1, -0.05) is 27.2 Å². The summed E-state index contributed by atoms with van der Waals surface area (Å²) in [7, 11) is 0. The van der Waals surface area contributed by atoms with E-state index < -0.39 is 0 Å². The van der Waals surface area contributed by atoms with E-state index in [0.29, 0.717) is 11.5 Å². The fourth-order valence-corrected chi connectivity index (χ4v) is 2.43. The summed E-state index contributed by atoms with van der Waals surface area (Å²) in [5.74, 6) is 0.916. The van der Waals surface area contributed by atoms with E-state index in [1.165, 1.54) is 31.4 Å². The molecule has 1 fully saturated rings. The van der Waals surface area contributed by atoms with E-state index in [2.05, 4.69) is 20.8 Å². The van der Waals surface area contributed by atoms with Crippen LogP contribution in [0.1, 0.15) is 46.5 Å². The molecule has 0 aromatic carbocycles. The van der Waals surface area contributed by atoms with Crippen molar-refractivity contribution >= 4 is 5.71 Å². The molecule has 0 saturated heterocycles. The third kappa shape index (κ3) is 1.30. The Kier molecular flexibility index (Phi) is 1.78. The zero-order valence-corrected chi connectivity index (χ0v) is 8.43. The summed E-state index contributed by atoms with van der Waals surface area (Å²) < 4.78 is 0. The average Bonchev–Trinajstić information content (AvgIpc) is 2.37. The van der Waals surface area contributed by atoms with Crippen LogP contribution in [0.15, 0.2) is 4.99 Å². The van der Waals surface area contributed by atoms with Crippen molar-refractivity contribution in [2.45, 2.75) is 52.5 Å². The van der Waals surface area contributed by atoms with Crippen LogP contribution in [0.2, 0.25) is 0 Å². The third-order valence-corrected chi connectivity index (χ3v) is 3.26. The molecule has 0 radical (unpaired) electrons. The van der Waals surface area contributed by atoms with E-state index in [1.807, 2.05) is 0 Å². The van der Waals surface area contributed by atoms with Gasteiger partial charge in [-0.15, -0.1) is 0 Å². The summed E-state index contributed by atoms with van der Waals surface area (Å²) in [6.45, 7) is 6.85. The molecule has 2 unspecified atom stereocenters. The average molecular weight is 165 g/mol. The second-order valence-electron chi connectivity index (χ2n) is 5.29. The molecule has 1 aliphatic carbocycles. The van der Waals surface area contributed by atoms with Gasteiger partial charge in [-0.25, -0.2) is 0 Å². The molecule has 0 aromatic heterocycles. The van der Waals surface area contributed by atoms with Crippen molar-refractivity contribution < 1.29 is 0 Å². The normalized spacial score (nSPS) is 35.1. The van der Waals surface area contributed by atoms with Crippen LogP contribution in [0.3, 0.4) is 0 Å². The lowest BCUT2D eigenvalue weighted by molar-refractivity contribution is 0.525. The van der Waals surface area contributed by atoms with Crippen molar-refractivity contribution in [3.05, 3.63) is 0 Å². The van der Waals surface area contributed by atoms with Gasteiger partial charge in [-0.05, 0) is 30.6 Å². The number of aliphatic imine (C=N–C) groups is 1. The zero-order valence-electron chi connectivity index (χ0n) is 8.43. The molecule has 1 heterocycles. The molecule has 12 heavy (non-hydrogen) atoms. The Balaban J connectivity index is 2.12. The number of nitrogens with zero attached hydrogens (tertiary/aromatic N) is 1. The Hall–Kier alpha value is -0.330. The Morgan fingerprint density at radius 3 is 2.58 bits per heavy atom. The molecule has 2 rings (SSSR count). The quantitative estimate of drug-likeness (QED) is 0.523. The third-order valence-electron chi connectivity index (χ3n) is 3.26. The van der Waals surface area contributed by atoms with Crippen molar-refractivity contribution in [2.75, 3.05) is 0 Å². The van der Waals surface area contributed by atoms with Crippen LogP contribution >= 0.6 is 0 Å². The van der Waals surface area contributed by atoms with Gasteiger partial charge in [-0.3, -0.25) is 4.99 Å². The van der Waals surface area contributed by atoms with E-state index >= 15 is 0 Å². The van der Waals surface area contributed by atoms with Gasteiger partial charge in [0, 0.05) is 5.71 Å².